The molecule has 2 atom stereocenters. The van der Waals surface area contributed by atoms with Gasteiger partial charge in [0.05, 0.1) is 11.5 Å². The molecule has 1 saturated heterocycles. The van der Waals surface area contributed by atoms with Gasteiger partial charge >= 0.3 is 0 Å². The molecule has 1 heterocycles. The van der Waals surface area contributed by atoms with Crippen LogP contribution < -0.4 is 0 Å². The van der Waals surface area contributed by atoms with Crippen molar-refractivity contribution < 1.29 is 13.2 Å². The molecule has 2 unspecified atom stereocenters. The van der Waals surface area contributed by atoms with Crippen molar-refractivity contribution in [1.29, 1.82) is 0 Å². The Hall–Kier alpha value is -0.910. The number of ether oxygens (including phenoxy) is 1. The number of aryl methyl sites for hydroxylation is 1. The lowest BCUT2D eigenvalue weighted by molar-refractivity contribution is 0.101. The van der Waals surface area contributed by atoms with Gasteiger partial charge in [0.1, 0.15) is 0 Å². The molecule has 2 rings (SSSR count). The van der Waals surface area contributed by atoms with Crippen LogP contribution in [0.5, 0.6) is 0 Å². The normalized spacial score (nSPS) is 27.9. The number of methoxy groups -OCH3 is 1. The van der Waals surface area contributed by atoms with Crippen LogP contribution >= 0.6 is 0 Å². The second-order valence-corrected chi connectivity index (χ2v) is 8.05. The zero-order valence-corrected chi connectivity index (χ0v) is 13.4. The Labute approximate surface area is 121 Å². The predicted octanol–water partition coefficient (Wildman–Crippen LogP) is 2.43. The van der Waals surface area contributed by atoms with Crippen LogP contribution in [-0.2, 0) is 14.8 Å². The van der Waals surface area contributed by atoms with E-state index in [-0.39, 0.29) is 11.5 Å². The average molecular weight is 297 g/mol. The molecule has 1 aliphatic rings. The largest absolute Gasteiger partial charge is 0.384 e. The summed E-state index contributed by atoms with van der Waals surface area (Å²) in [5, 5.41) is 0. The molecule has 1 aliphatic heterocycles. The lowest BCUT2D eigenvalue weighted by atomic mass is 9.89. The SMILES string of the molecule is COCC1(C)CC(C)N(S(=O)(=O)c2ccc(C)cc2)C1. The highest BCUT2D eigenvalue weighted by Crippen LogP contribution is 2.37. The van der Waals surface area contributed by atoms with Crippen molar-refractivity contribution in [3.8, 4) is 0 Å². The first-order valence-electron chi connectivity index (χ1n) is 6.86. The van der Waals surface area contributed by atoms with Gasteiger partial charge in [0.2, 0.25) is 10.0 Å². The van der Waals surface area contributed by atoms with E-state index in [0.717, 1.165) is 12.0 Å². The van der Waals surface area contributed by atoms with Crippen LogP contribution in [0.2, 0.25) is 0 Å². The monoisotopic (exact) mass is 297 g/mol. The van der Waals surface area contributed by atoms with Crippen LogP contribution in [0.15, 0.2) is 29.2 Å². The maximum Gasteiger partial charge on any atom is 0.243 e. The fraction of sp³-hybridized carbons (Fsp3) is 0.600. The minimum absolute atomic E-state index is 0.00135. The van der Waals surface area contributed by atoms with Crippen molar-refractivity contribution in [3.63, 3.8) is 0 Å². The van der Waals surface area contributed by atoms with Gasteiger partial charge < -0.3 is 4.74 Å². The van der Waals surface area contributed by atoms with Gasteiger partial charge in [-0.1, -0.05) is 24.6 Å². The molecule has 0 aromatic heterocycles. The Balaban J connectivity index is 2.29. The highest BCUT2D eigenvalue weighted by Gasteiger charge is 2.44. The van der Waals surface area contributed by atoms with Gasteiger partial charge in [-0.2, -0.15) is 4.31 Å². The fourth-order valence-electron chi connectivity index (χ4n) is 3.03. The van der Waals surface area contributed by atoms with Crippen molar-refractivity contribution in [2.75, 3.05) is 20.3 Å². The van der Waals surface area contributed by atoms with Crippen LogP contribution in [0.25, 0.3) is 0 Å². The molecule has 0 N–H and O–H groups in total. The molecule has 1 aromatic rings. The molecule has 1 aromatic carbocycles. The molecule has 112 valence electrons. The van der Waals surface area contributed by atoms with Gasteiger partial charge in [-0.3, -0.25) is 0 Å². The van der Waals surface area contributed by atoms with E-state index in [9.17, 15) is 8.42 Å². The van der Waals surface area contributed by atoms with Crippen molar-refractivity contribution in [2.24, 2.45) is 5.41 Å². The Bertz CT molecular complexity index is 567. The molecule has 0 radical (unpaired) electrons. The Kier molecular flexibility index (Phi) is 4.23. The van der Waals surface area contributed by atoms with E-state index in [2.05, 4.69) is 6.92 Å². The van der Waals surface area contributed by atoms with E-state index in [1.54, 1.807) is 23.5 Å². The van der Waals surface area contributed by atoms with E-state index >= 15 is 0 Å². The van der Waals surface area contributed by atoms with Gasteiger partial charge in [0.25, 0.3) is 0 Å². The maximum atomic E-state index is 12.7. The molecule has 0 saturated carbocycles. The van der Waals surface area contributed by atoms with Crippen LogP contribution in [0, 0.1) is 12.3 Å². The summed E-state index contributed by atoms with van der Waals surface area (Å²) in [5.74, 6) is 0. The van der Waals surface area contributed by atoms with Gasteiger partial charge in [-0.05, 0) is 32.4 Å². The third kappa shape index (κ3) is 2.90. The number of benzene rings is 1. The summed E-state index contributed by atoms with van der Waals surface area (Å²) in [6.07, 6.45) is 0.825. The zero-order valence-electron chi connectivity index (χ0n) is 12.6. The highest BCUT2D eigenvalue weighted by molar-refractivity contribution is 7.89. The molecule has 20 heavy (non-hydrogen) atoms. The van der Waals surface area contributed by atoms with Crippen LogP contribution in [0.1, 0.15) is 25.8 Å². The van der Waals surface area contributed by atoms with Crippen LogP contribution in [0.3, 0.4) is 0 Å². The lowest BCUT2D eigenvalue weighted by Gasteiger charge is -2.24. The van der Waals surface area contributed by atoms with E-state index in [4.69, 9.17) is 4.74 Å². The van der Waals surface area contributed by atoms with Crippen molar-refractivity contribution in [2.45, 2.75) is 38.1 Å². The quantitative estimate of drug-likeness (QED) is 0.857. The summed E-state index contributed by atoms with van der Waals surface area (Å²) < 4.78 is 32.3. The first-order chi connectivity index (χ1) is 9.28. The highest BCUT2D eigenvalue weighted by atomic mass is 32.2. The number of sulfonamides is 1. The molecule has 0 bridgehead atoms. The van der Waals surface area contributed by atoms with Crippen molar-refractivity contribution in [1.82, 2.24) is 4.31 Å². The third-order valence-electron chi connectivity index (χ3n) is 3.94. The smallest absolute Gasteiger partial charge is 0.243 e. The summed E-state index contributed by atoms with van der Waals surface area (Å²) in [6, 6.07) is 7.04. The number of hydrogen-bond donors (Lipinski definition) is 0. The fourth-order valence-corrected chi connectivity index (χ4v) is 4.81. The Morgan fingerprint density at radius 3 is 2.50 bits per heavy atom. The van der Waals surface area contributed by atoms with Crippen LogP contribution in [0.4, 0.5) is 0 Å². The Morgan fingerprint density at radius 2 is 1.95 bits per heavy atom. The van der Waals surface area contributed by atoms with Gasteiger partial charge in [0.15, 0.2) is 0 Å². The summed E-state index contributed by atoms with van der Waals surface area (Å²) >= 11 is 0. The minimum Gasteiger partial charge on any atom is -0.384 e. The molecular formula is C15H23NO3S. The number of nitrogens with zero attached hydrogens (tertiary/aromatic N) is 1. The minimum atomic E-state index is -3.42. The molecule has 1 fully saturated rings. The molecule has 0 spiro atoms. The van der Waals surface area contributed by atoms with E-state index in [1.165, 1.54) is 0 Å². The third-order valence-corrected chi connectivity index (χ3v) is 5.91. The molecule has 4 nitrogen and oxygen atoms in total. The molecular weight excluding hydrogens is 274 g/mol. The predicted molar refractivity (Wildman–Crippen MR) is 79.1 cm³/mol. The van der Waals surface area contributed by atoms with Gasteiger partial charge in [-0.25, -0.2) is 8.42 Å². The summed E-state index contributed by atoms with van der Waals surface area (Å²) in [6.45, 7) is 7.09. The van der Waals surface area contributed by atoms with Crippen molar-refractivity contribution in [3.05, 3.63) is 29.8 Å². The summed E-state index contributed by atoms with van der Waals surface area (Å²) in [4.78, 5) is 0.372. The average Bonchev–Trinajstić information content (AvgIpc) is 2.66. The molecule has 5 heteroatoms. The molecule has 0 amide bonds. The number of rotatable bonds is 4. The Morgan fingerprint density at radius 1 is 1.35 bits per heavy atom. The molecule has 0 aliphatic carbocycles. The van der Waals surface area contributed by atoms with Gasteiger partial charge in [-0.15, -0.1) is 0 Å². The van der Waals surface area contributed by atoms with Crippen molar-refractivity contribution >= 4 is 10.0 Å². The topological polar surface area (TPSA) is 46.6 Å². The number of hydrogen-bond acceptors (Lipinski definition) is 3. The van der Waals surface area contributed by atoms with E-state index in [1.807, 2.05) is 26.0 Å². The van der Waals surface area contributed by atoms with Gasteiger partial charge in [0, 0.05) is 25.1 Å². The lowest BCUT2D eigenvalue weighted by Crippen LogP contribution is -2.35. The van der Waals surface area contributed by atoms with Crippen LogP contribution in [-0.4, -0.2) is 39.0 Å². The second-order valence-electron chi connectivity index (χ2n) is 6.16. The summed E-state index contributed by atoms with van der Waals surface area (Å²) in [7, 11) is -1.76. The van der Waals surface area contributed by atoms with E-state index < -0.39 is 10.0 Å². The standard InChI is InChI=1S/C15H23NO3S/c1-12-5-7-14(8-6-12)20(17,18)16-10-15(3,11-19-4)9-13(16)2/h5-8,13H,9-11H2,1-4H3. The zero-order chi connectivity index (χ0) is 15.0. The second kappa shape index (κ2) is 5.47. The summed E-state index contributed by atoms with van der Waals surface area (Å²) in [5.41, 5.74) is 0.953. The maximum absolute atomic E-state index is 12.7. The first kappa shape index (κ1) is 15.5. The first-order valence-corrected chi connectivity index (χ1v) is 8.30. The van der Waals surface area contributed by atoms with E-state index in [0.29, 0.717) is 18.0 Å².